The fraction of sp³-hybridized carbons (Fsp3) is 0.300. The van der Waals surface area contributed by atoms with Gasteiger partial charge in [-0.2, -0.15) is 21.6 Å². The van der Waals surface area contributed by atoms with E-state index in [1.807, 2.05) is 0 Å². The summed E-state index contributed by atoms with van der Waals surface area (Å²) in [7, 11) is -3.19. The summed E-state index contributed by atoms with van der Waals surface area (Å²) in [5, 5.41) is 0. The van der Waals surface area contributed by atoms with Gasteiger partial charge in [0.15, 0.2) is 0 Å². The number of hydrogen-bond donors (Lipinski definition) is 0. The molecule has 0 heterocycles. The maximum atomic E-state index is 14.7. The van der Waals surface area contributed by atoms with Crippen LogP contribution in [-0.4, -0.2) is 28.1 Å². The molecule has 0 fully saturated rings. The van der Waals surface area contributed by atoms with E-state index in [1.54, 1.807) is 12.1 Å². The third kappa shape index (κ3) is 3.96. The van der Waals surface area contributed by atoms with Crippen LogP contribution in [0.3, 0.4) is 0 Å². The van der Waals surface area contributed by atoms with Gasteiger partial charge in [-0.05, 0) is 48.2 Å². The van der Waals surface area contributed by atoms with Gasteiger partial charge in [-0.3, -0.25) is 0 Å². The average molecular weight is 446 g/mol. The summed E-state index contributed by atoms with van der Waals surface area (Å²) >= 11 is 0. The summed E-state index contributed by atoms with van der Waals surface area (Å²) in [5.41, 5.74) is -4.65. The van der Waals surface area contributed by atoms with E-state index in [0.717, 1.165) is 6.07 Å². The van der Waals surface area contributed by atoms with Gasteiger partial charge in [-0.1, -0.05) is 12.1 Å². The lowest BCUT2D eigenvalue weighted by molar-refractivity contribution is -0.0509. The number of halogens is 4. The van der Waals surface area contributed by atoms with Crippen LogP contribution in [0.1, 0.15) is 29.5 Å². The van der Waals surface area contributed by atoms with Crippen LogP contribution >= 0.6 is 0 Å². The molecule has 30 heavy (non-hydrogen) atoms. The first-order valence-corrected chi connectivity index (χ1v) is 10.1. The van der Waals surface area contributed by atoms with Crippen molar-refractivity contribution < 1.29 is 39.6 Å². The molecular weight excluding hydrogens is 428 g/mol. The van der Waals surface area contributed by atoms with Crippen molar-refractivity contribution in [2.24, 2.45) is 0 Å². The summed E-state index contributed by atoms with van der Waals surface area (Å²) in [6.45, 7) is 1.41. The van der Waals surface area contributed by atoms with E-state index in [2.05, 4.69) is 4.18 Å². The quantitative estimate of drug-likeness (QED) is 0.376. The maximum absolute atomic E-state index is 14.7. The van der Waals surface area contributed by atoms with Crippen LogP contribution in [0.15, 0.2) is 42.0 Å². The molecule has 0 saturated heterocycles. The van der Waals surface area contributed by atoms with E-state index < -0.39 is 33.1 Å². The van der Waals surface area contributed by atoms with Crippen LogP contribution in [0.25, 0.3) is 5.76 Å². The normalized spacial score (nSPS) is 16.8. The second-order valence-corrected chi connectivity index (χ2v) is 8.20. The zero-order valence-corrected chi connectivity index (χ0v) is 17.0. The van der Waals surface area contributed by atoms with Gasteiger partial charge < -0.3 is 13.7 Å². The number of allylic oxidation sites excluding steroid dienone is 1. The molecule has 0 saturated carbocycles. The molecule has 3 rings (SSSR count). The highest BCUT2D eigenvalue weighted by Gasteiger charge is 2.49. The van der Waals surface area contributed by atoms with E-state index in [0.29, 0.717) is 11.3 Å². The first kappa shape index (κ1) is 21.9. The monoisotopic (exact) mass is 446 g/mol. The molecule has 0 aromatic heterocycles. The van der Waals surface area contributed by atoms with E-state index >= 15 is 0 Å². The van der Waals surface area contributed by atoms with Gasteiger partial charge >= 0.3 is 15.6 Å². The Bertz CT molecular complexity index is 1110. The minimum atomic E-state index is -5.93. The van der Waals surface area contributed by atoms with Gasteiger partial charge in [0.25, 0.3) is 0 Å². The minimum Gasteiger partial charge on any atom is -0.497 e. The summed E-state index contributed by atoms with van der Waals surface area (Å²) in [4.78, 5) is 0. The molecule has 0 bridgehead atoms. The second kappa shape index (κ2) is 7.82. The van der Waals surface area contributed by atoms with Crippen LogP contribution in [0.4, 0.5) is 17.6 Å². The molecule has 2 aromatic carbocycles. The van der Waals surface area contributed by atoms with E-state index in [1.165, 1.54) is 39.3 Å². The third-order valence-electron chi connectivity index (χ3n) is 4.93. The lowest BCUT2D eigenvalue weighted by Crippen LogP contribution is -2.27. The first-order chi connectivity index (χ1) is 14.0. The SMILES string of the molecule is COc1ccc(C2Cc3ccc(OC)cc3C(OS(=O)(=O)C(F)(F)F)=C2C)c(F)c1. The number of methoxy groups -OCH3 is 2. The molecule has 2 aromatic rings. The van der Waals surface area contributed by atoms with E-state index in [4.69, 9.17) is 9.47 Å². The molecular formula is C20H18F4O5S. The Morgan fingerprint density at radius 2 is 1.60 bits per heavy atom. The Labute approximate surface area is 171 Å². The van der Waals surface area contributed by atoms with Crippen LogP contribution in [0, 0.1) is 5.82 Å². The van der Waals surface area contributed by atoms with Crippen molar-refractivity contribution in [1.29, 1.82) is 0 Å². The van der Waals surface area contributed by atoms with Gasteiger partial charge in [0.2, 0.25) is 0 Å². The molecule has 0 spiro atoms. The Balaban J connectivity index is 2.19. The van der Waals surface area contributed by atoms with Crippen LogP contribution in [-0.2, 0) is 20.7 Å². The van der Waals surface area contributed by atoms with Crippen molar-refractivity contribution in [3.05, 3.63) is 64.5 Å². The van der Waals surface area contributed by atoms with Crippen molar-refractivity contribution >= 4 is 15.9 Å². The molecule has 162 valence electrons. The van der Waals surface area contributed by atoms with Crippen molar-refractivity contribution in [3.8, 4) is 11.5 Å². The number of alkyl halides is 3. The highest BCUT2D eigenvalue weighted by Crippen LogP contribution is 2.44. The van der Waals surface area contributed by atoms with E-state index in [-0.39, 0.29) is 28.9 Å². The van der Waals surface area contributed by atoms with Gasteiger partial charge in [-0.15, -0.1) is 0 Å². The summed E-state index contributed by atoms with van der Waals surface area (Å²) in [6.07, 6.45) is 0.229. The molecule has 0 aliphatic heterocycles. The molecule has 0 amide bonds. The summed E-state index contributed by atoms with van der Waals surface area (Å²) in [6, 6.07) is 8.67. The molecule has 1 atom stereocenters. The number of benzene rings is 2. The Kier molecular flexibility index (Phi) is 5.72. The molecule has 5 nitrogen and oxygen atoms in total. The van der Waals surface area contributed by atoms with Gasteiger partial charge in [0, 0.05) is 17.5 Å². The van der Waals surface area contributed by atoms with Crippen LogP contribution < -0.4 is 9.47 Å². The lowest BCUT2D eigenvalue weighted by Gasteiger charge is -2.29. The van der Waals surface area contributed by atoms with Crippen molar-refractivity contribution in [2.45, 2.75) is 24.8 Å². The predicted molar refractivity (Wildman–Crippen MR) is 101 cm³/mol. The maximum Gasteiger partial charge on any atom is 0.534 e. The van der Waals surface area contributed by atoms with Gasteiger partial charge in [0.1, 0.15) is 23.1 Å². The first-order valence-electron chi connectivity index (χ1n) is 8.70. The fourth-order valence-electron chi connectivity index (χ4n) is 3.34. The van der Waals surface area contributed by atoms with Crippen molar-refractivity contribution in [3.63, 3.8) is 0 Å². The molecule has 1 aliphatic rings. The number of hydrogen-bond acceptors (Lipinski definition) is 5. The topological polar surface area (TPSA) is 61.8 Å². The Morgan fingerprint density at radius 3 is 2.17 bits per heavy atom. The molecule has 0 N–H and O–H groups in total. The number of fused-ring (bicyclic) bond motifs is 1. The average Bonchev–Trinajstić information content (AvgIpc) is 2.68. The predicted octanol–water partition coefficient (Wildman–Crippen LogP) is 4.78. The minimum absolute atomic E-state index is 0.143. The largest absolute Gasteiger partial charge is 0.534 e. The fourth-order valence-corrected chi connectivity index (χ4v) is 3.88. The third-order valence-corrected chi connectivity index (χ3v) is 5.88. The van der Waals surface area contributed by atoms with Crippen LogP contribution in [0.5, 0.6) is 11.5 Å². The second-order valence-electron chi connectivity index (χ2n) is 6.66. The van der Waals surface area contributed by atoms with Crippen molar-refractivity contribution in [1.82, 2.24) is 0 Å². The lowest BCUT2D eigenvalue weighted by atomic mass is 9.79. The van der Waals surface area contributed by atoms with E-state index in [9.17, 15) is 26.0 Å². The smallest absolute Gasteiger partial charge is 0.497 e. The molecule has 10 heteroatoms. The standard InChI is InChI=1S/C20H18F4O5S/c1-11-16(15-7-6-14(28-3)10-18(15)21)8-12-4-5-13(27-2)9-17(12)19(11)29-30(25,26)20(22,23)24/h4-7,9-10,16H,8H2,1-3H3. The Hall–Kier alpha value is -2.75. The van der Waals surface area contributed by atoms with Gasteiger partial charge in [0.05, 0.1) is 14.2 Å². The molecule has 0 radical (unpaired) electrons. The Morgan fingerprint density at radius 1 is 1.00 bits per heavy atom. The molecule has 1 unspecified atom stereocenters. The zero-order chi connectivity index (χ0) is 22.3. The summed E-state index contributed by atoms with van der Waals surface area (Å²) in [5.74, 6) is -1.28. The summed E-state index contributed by atoms with van der Waals surface area (Å²) < 4.78 is 91.6. The number of ether oxygens (including phenoxy) is 2. The zero-order valence-electron chi connectivity index (χ0n) is 16.2. The van der Waals surface area contributed by atoms with Crippen LogP contribution in [0.2, 0.25) is 0 Å². The number of rotatable bonds is 5. The molecule has 1 aliphatic carbocycles. The van der Waals surface area contributed by atoms with Gasteiger partial charge in [-0.25, -0.2) is 4.39 Å². The van der Waals surface area contributed by atoms with Crippen molar-refractivity contribution in [2.75, 3.05) is 14.2 Å². The highest BCUT2D eigenvalue weighted by molar-refractivity contribution is 7.87. The highest BCUT2D eigenvalue weighted by atomic mass is 32.2.